The summed E-state index contributed by atoms with van der Waals surface area (Å²) in [5, 5.41) is 0.770. The summed E-state index contributed by atoms with van der Waals surface area (Å²) in [6.07, 6.45) is 0. The second-order valence-corrected chi connectivity index (χ2v) is 4.07. The van der Waals surface area contributed by atoms with E-state index in [1.54, 1.807) is 12.1 Å². The number of benzene rings is 2. The van der Waals surface area contributed by atoms with Gasteiger partial charge in [-0.15, -0.1) is 0 Å². The van der Waals surface area contributed by atoms with Crippen molar-refractivity contribution in [1.29, 1.82) is 0 Å². The first kappa shape index (κ1) is 10.0. The topological polar surface area (TPSA) is 30.2 Å². The summed E-state index contributed by atoms with van der Waals surface area (Å²) >= 11 is 0. The molecule has 1 aromatic heterocycles. The van der Waals surface area contributed by atoms with E-state index in [1.165, 1.54) is 18.2 Å². The van der Waals surface area contributed by atoms with Gasteiger partial charge in [-0.2, -0.15) is 0 Å². The van der Waals surface area contributed by atoms with Crippen molar-refractivity contribution in [1.82, 2.24) is 0 Å². The molecule has 0 unspecified atom stereocenters. The van der Waals surface area contributed by atoms with Crippen molar-refractivity contribution in [3.63, 3.8) is 0 Å². The Kier molecular flexibility index (Phi) is 2.01. The molecule has 0 spiro atoms. The average Bonchev–Trinajstić information content (AvgIpc) is 2.32. The molecule has 0 aliphatic rings. The van der Waals surface area contributed by atoms with Crippen LogP contribution in [0.2, 0.25) is 0 Å². The molecule has 0 amide bonds. The first-order valence-corrected chi connectivity index (χ1v) is 5.28. The molecule has 0 atom stereocenters. The van der Waals surface area contributed by atoms with Crippen molar-refractivity contribution in [3.8, 4) is 0 Å². The zero-order valence-electron chi connectivity index (χ0n) is 9.16. The molecule has 0 aliphatic heterocycles. The molecule has 84 valence electrons. The van der Waals surface area contributed by atoms with Crippen LogP contribution in [0.15, 0.2) is 45.6 Å². The first-order chi connectivity index (χ1) is 8.15. The van der Waals surface area contributed by atoms with Gasteiger partial charge < -0.3 is 4.42 Å². The second kappa shape index (κ2) is 3.42. The van der Waals surface area contributed by atoms with E-state index in [4.69, 9.17) is 4.42 Å². The molecule has 0 saturated heterocycles. The third-order valence-electron chi connectivity index (χ3n) is 2.79. The van der Waals surface area contributed by atoms with E-state index in [0.717, 1.165) is 5.56 Å². The quantitative estimate of drug-likeness (QED) is 0.552. The highest BCUT2D eigenvalue weighted by molar-refractivity contribution is 5.89. The SMILES string of the molecule is Cc1ccc2oc3ccc(F)cc3c(=O)c2c1. The summed E-state index contributed by atoms with van der Waals surface area (Å²) in [6.45, 7) is 1.90. The molecule has 0 saturated carbocycles. The number of rotatable bonds is 0. The minimum Gasteiger partial charge on any atom is -0.456 e. The molecule has 0 bridgehead atoms. The zero-order valence-corrected chi connectivity index (χ0v) is 9.16. The normalized spacial score (nSPS) is 11.2. The number of halogens is 1. The molecule has 0 aliphatic carbocycles. The minimum absolute atomic E-state index is 0.190. The number of hydrogen-bond donors (Lipinski definition) is 0. The Balaban J connectivity index is 2.58. The Hall–Kier alpha value is -2.16. The molecular weight excluding hydrogens is 219 g/mol. The van der Waals surface area contributed by atoms with Crippen LogP contribution >= 0.6 is 0 Å². The monoisotopic (exact) mass is 228 g/mol. The van der Waals surface area contributed by atoms with Gasteiger partial charge in [0.2, 0.25) is 5.43 Å². The maximum atomic E-state index is 13.1. The molecule has 3 rings (SSSR count). The molecular formula is C14H9FO2. The predicted molar refractivity (Wildman–Crippen MR) is 64.7 cm³/mol. The average molecular weight is 228 g/mol. The van der Waals surface area contributed by atoms with Crippen molar-refractivity contribution in [2.24, 2.45) is 0 Å². The van der Waals surface area contributed by atoms with Crippen LogP contribution in [0.3, 0.4) is 0 Å². The fourth-order valence-electron chi connectivity index (χ4n) is 1.94. The molecule has 3 heteroatoms. The first-order valence-electron chi connectivity index (χ1n) is 5.28. The van der Waals surface area contributed by atoms with E-state index in [0.29, 0.717) is 16.6 Å². The highest BCUT2D eigenvalue weighted by Gasteiger charge is 2.08. The van der Waals surface area contributed by atoms with Crippen molar-refractivity contribution >= 4 is 21.9 Å². The van der Waals surface area contributed by atoms with Crippen molar-refractivity contribution in [3.05, 3.63) is 58.0 Å². The Morgan fingerprint density at radius 3 is 2.41 bits per heavy atom. The fraction of sp³-hybridized carbons (Fsp3) is 0.0714. The summed E-state index contributed by atoms with van der Waals surface area (Å²) in [7, 11) is 0. The minimum atomic E-state index is -0.434. The highest BCUT2D eigenvalue weighted by atomic mass is 19.1. The Labute approximate surface area is 96.3 Å². The van der Waals surface area contributed by atoms with E-state index in [2.05, 4.69) is 0 Å². The van der Waals surface area contributed by atoms with Crippen LogP contribution in [0.4, 0.5) is 4.39 Å². The lowest BCUT2D eigenvalue weighted by Gasteiger charge is -2.02. The lowest BCUT2D eigenvalue weighted by atomic mass is 10.1. The highest BCUT2D eigenvalue weighted by Crippen LogP contribution is 2.19. The third-order valence-corrected chi connectivity index (χ3v) is 2.79. The summed E-state index contributed by atoms with van der Waals surface area (Å²) in [4.78, 5) is 12.2. The Morgan fingerprint density at radius 2 is 1.65 bits per heavy atom. The van der Waals surface area contributed by atoms with Gasteiger partial charge in [0, 0.05) is 0 Å². The van der Waals surface area contributed by atoms with Crippen LogP contribution in [0.25, 0.3) is 21.9 Å². The maximum Gasteiger partial charge on any atom is 0.200 e. The third kappa shape index (κ3) is 1.51. The van der Waals surface area contributed by atoms with Gasteiger partial charge in [-0.1, -0.05) is 11.6 Å². The van der Waals surface area contributed by atoms with Crippen molar-refractivity contribution in [2.45, 2.75) is 6.92 Å². The molecule has 0 fully saturated rings. The Morgan fingerprint density at radius 1 is 1.00 bits per heavy atom. The predicted octanol–water partition coefficient (Wildman–Crippen LogP) is 3.39. The van der Waals surface area contributed by atoms with Gasteiger partial charge in [0.15, 0.2) is 0 Å². The van der Waals surface area contributed by atoms with Crippen LogP contribution in [0.1, 0.15) is 5.56 Å². The molecule has 0 N–H and O–H groups in total. The lowest BCUT2D eigenvalue weighted by molar-refractivity contribution is 0.623. The van der Waals surface area contributed by atoms with E-state index in [9.17, 15) is 9.18 Å². The second-order valence-electron chi connectivity index (χ2n) is 4.07. The summed E-state index contributed by atoms with van der Waals surface area (Å²) in [5.41, 5.74) is 1.72. The van der Waals surface area contributed by atoms with E-state index >= 15 is 0 Å². The van der Waals surface area contributed by atoms with Crippen molar-refractivity contribution < 1.29 is 8.81 Å². The molecule has 17 heavy (non-hydrogen) atoms. The smallest absolute Gasteiger partial charge is 0.200 e. The van der Waals surface area contributed by atoms with Crippen LogP contribution in [-0.2, 0) is 0 Å². The van der Waals surface area contributed by atoms with Crippen LogP contribution in [-0.4, -0.2) is 0 Å². The number of aryl methyl sites for hydroxylation is 1. The van der Waals surface area contributed by atoms with E-state index in [1.807, 2.05) is 13.0 Å². The van der Waals surface area contributed by atoms with Gasteiger partial charge >= 0.3 is 0 Å². The zero-order chi connectivity index (χ0) is 12.0. The molecule has 2 aromatic carbocycles. The summed E-state index contributed by atoms with van der Waals surface area (Å²) in [5.74, 6) is -0.434. The van der Waals surface area contributed by atoms with Crippen molar-refractivity contribution in [2.75, 3.05) is 0 Å². The molecule has 1 heterocycles. The van der Waals surface area contributed by atoms with E-state index in [-0.39, 0.29) is 10.8 Å². The van der Waals surface area contributed by atoms with Gasteiger partial charge in [-0.05, 0) is 37.3 Å². The van der Waals surface area contributed by atoms with Crippen LogP contribution in [0.5, 0.6) is 0 Å². The van der Waals surface area contributed by atoms with Crippen LogP contribution in [0, 0.1) is 12.7 Å². The van der Waals surface area contributed by atoms with Crippen LogP contribution < -0.4 is 5.43 Å². The largest absolute Gasteiger partial charge is 0.456 e. The standard InChI is InChI=1S/C14H9FO2/c1-8-2-4-12-10(6-8)14(16)11-7-9(15)3-5-13(11)17-12/h2-7H,1H3. The van der Waals surface area contributed by atoms with Gasteiger partial charge in [0.1, 0.15) is 17.0 Å². The Bertz CT molecular complexity index is 724. The number of hydrogen-bond acceptors (Lipinski definition) is 2. The maximum absolute atomic E-state index is 13.1. The summed E-state index contributed by atoms with van der Waals surface area (Å²) < 4.78 is 18.7. The molecule has 3 aromatic rings. The molecule has 2 nitrogen and oxygen atoms in total. The van der Waals surface area contributed by atoms with Gasteiger partial charge in [-0.25, -0.2) is 4.39 Å². The van der Waals surface area contributed by atoms with Gasteiger partial charge in [0.25, 0.3) is 0 Å². The van der Waals surface area contributed by atoms with Gasteiger partial charge in [-0.3, -0.25) is 4.79 Å². The summed E-state index contributed by atoms with van der Waals surface area (Å²) in [6, 6.07) is 9.36. The van der Waals surface area contributed by atoms with E-state index < -0.39 is 5.82 Å². The lowest BCUT2D eigenvalue weighted by Crippen LogP contribution is -2.02. The van der Waals surface area contributed by atoms with Gasteiger partial charge in [0.05, 0.1) is 10.8 Å². The molecule has 0 radical (unpaired) electrons. The fourth-order valence-corrected chi connectivity index (χ4v) is 1.94. The number of fused-ring (bicyclic) bond motifs is 2.